The number of ether oxygens (including phenoxy) is 1. The highest BCUT2D eigenvalue weighted by molar-refractivity contribution is 6.30. The number of nitrogens with one attached hydrogen (secondary N) is 1. The Balaban J connectivity index is 1.93. The number of nitrogens with zero attached hydrogens (tertiary/aromatic N) is 1. The van der Waals surface area contributed by atoms with E-state index in [1.54, 1.807) is 6.07 Å². The molecule has 0 radical (unpaired) electrons. The van der Waals surface area contributed by atoms with E-state index in [9.17, 15) is 14.7 Å². The van der Waals surface area contributed by atoms with Crippen LogP contribution >= 0.6 is 11.6 Å². The third-order valence-corrected chi connectivity index (χ3v) is 3.82. The molecule has 6 nitrogen and oxygen atoms in total. The number of amides is 1. The number of carbonyl (C=O) groups excluding carboxylic acids is 1. The molecular formula is C14H17ClN2O4. The normalized spacial score (nSPS) is 17.2. The average Bonchev–Trinajstić information content (AvgIpc) is 2.48. The second-order valence-electron chi connectivity index (χ2n) is 4.97. The number of pyridine rings is 1. The van der Waals surface area contributed by atoms with Crippen LogP contribution in [-0.2, 0) is 9.53 Å². The van der Waals surface area contributed by atoms with Crippen molar-refractivity contribution in [3.05, 3.63) is 29.0 Å². The summed E-state index contributed by atoms with van der Waals surface area (Å²) in [6, 6.07) is 3.07. The summed E-state index contributed by atoms with van der Waals surface area (Å²) in [7, 11) is 0. The van der Waals surface area contributed by atoms with Crippen LogP contribution in [0.15, 0.2) is 18.3 Å². The highest BCUT2D eigenvalue weighted by Gasteiger charge is 2.30. The smallest absolute Gasteiger partial charge is 0.308 e. The van der Waals surface area contributed by atoms with Gasteiger partial charge in [-0.05, 0) is 30.9 Å². The third-order valence-electron chi connectivity index (χ3n) is 3.59. The molecule has 2 heterocycles. The first kappa shape index (κ1) is 15.7. The number of hydrogen-bond acceptors (Lipinski definition) is 4. The molecule has 1 aliphatic heterocycles. The standard InChI is InChI=1S/C14H17ClN2O4/c15-10-1-2-12(16-7-10)13(18)17-8-11(14(19)20)9-3-5-21-6-4-9/h1-2,7,9,11H,3-6,8H2,(H,17,18)(H,19,20). The summed E-state index contributed by atoms with van der Waals surface area (Å²) in [5.74, 6) is -1.88. The maximum atomic E-state index is 11.9. The summed E-state index contributed by atoms with van der Waals surface area (Å²) >= 11 is 5.70. The maximum absolute atomic E-state index is 11.9. The topological polar surface area (TPSA) is 88.5 Å². The molecule has 1 fully saturated rings. The SMILES string of the molecule is O=C(NCC(C(=O)O)C1CCOCC1)c1ccc(Cl)cn1. The molecule has 1 unspecified atom stereocenters. The average molecular weight is 313 g/mol. The van der Waals surface area contributed by atoms with Crippen molar-refractivity contribution in [3.8, 4) is 0 Å². The van der Waals surface area contributed by atoms with Crippen LogP contribution in [-0.4, -0.2) is 41.7 Å². The molecule has 0 aliphatic carbocycles. The Hall–Kier alpha value is -1.66. The van der Waals surface area contributed by atoms with Crippen LogP contribution in [0.25, 0.3) is 0 Å². The van der Waals surface area contributed by atoms with Crippen molar-refractivity contribution in [2.75, 3.05) is 19.8 Å². The van der Waals surface area contributed by atoms with Gasteiger partial charge in [-0.15, -0.1) is 0 Å². The molecule has 1 aromatic rings. The van der Waals surface area contributed by atoms with Crippen molar-refractivity contribution in [2.24, 2.45) is 11.8 Å². The summed E-state index contributed by atoms with van der Waals surface area (Å²) < 4.78 is 5.23. The molecule has 0 spiro atoms. The number of carboxylic acids is 1. The molecule has 0 bridgehead atoms. The Bertz CT molecular complexity index is 500. The fourth-order valence-corrected chi connectivity index (χ4v) is 2.49. The van der Waals surface area contributed by atoms with Crippen molar-refractivity contribution >= 4 is 23.5 Å². The highest BCUT2D eigenvalue weighted by atomic mass is 35.5. The minimum absolute atomic E-state index is 0.0229. The maximum Gasteiger partial charge on any atom is 0.308 e. The van der Waals surface area contributed by atoms with Gasteiger partial charge in [0.05, 0.1) is 10.9 Å². The second-order valence-corrected chi connectivity index (χ2v) is 5.40. The molecule has 1 aromatic heterocycles. The Morgan fingerprint density at radius 1 is 1.43 bits per heavy atom. The van der Waals surface area contributed by atoms with Crippen LogP contribution < -0.4 is 5.32 Å². The van der Waals surface area contributed by atoms with Gasteiger partial charge in [0.2, 0.25) is 0 Å². The molecule has 114 valence electrons. The quantitative estimate of drug-likeness (QED) is 0.862. The van der Waals surface area contributed by atoms with Crippen molar-refractivity contribution in [2.45, 2.75) is 12.8 Å². The number of aliphatic carboxylic acids is 1. The first-order valence-electron chi connectivity index (χ1n) is 6.78. The van der Waals surface area contributed by atoms with E-state index in [1.165, 1.54) is 12.3 Å². The predicted octanol–water partition coefficient (Wildman–Crippen LogP) is 1.59. The molecule has 0 saturated carbocycles. The lowest BCUT2D eigenvalue weighted by Gasteiger charge is -2.27. The van der Waals surface area contributed by atoms with Crippen LogP contribution in [0.4, 0.5) is 0 Å². The first-order valence-corrected chi connectivity index (χ1v) is 7.16. The minimum atomic E-state index is -0.897. The lowest BCUT2D eigenvalue weighted by molar-refractivity contribution is -0.144. The molecule has 2 rings (SSSR count). The first-order chi connectivity index (χ1) is 10.1. The van der Waals surface area contributed by atoms with Gasteiger partial charge in [-0.25, -0.2) is 4.98 Å². The fourth-order valence-electron chi connectivity index (χ4n) is 2.38. The molecule has 1 amide bonds. The zero-order valence-electron chi connectivity index (χ0n) is 11.4. The molecule has 1 saturated heterocycles. The van der Waals surface area contributed by atoms with Crippen LogP contribution in [0.5, 0.6) is 0 Å². The number of halogens is 1. The number of carboxylic acid groups (broad SMARTS) is 1. The molecule has 21 heavy (non-hydrogen) atoms. The monoisotopic (exact) mass is 312 g/mol. The molecule has 7 heteroatoms. The largest absolute Gasteiger partial charge is 0.481 e. The number of carbonyl (C=O) groups is 2. The number of rotatable bonds is 5. The minimum Gasteiger partial charge on any atom is -0.481 e. The Kier molecular flexibility index (Phi) is 5.52. The van der Waals surface area contributed by atoms with Gasteiger partial charge in [0.25, 0.3) is 5.91 Å². The van der Waals surface area contributed by atoms with Crippen LogP contribution in [0, 0.1) is 11.8 Å². The van der Waals surface area contributed by atoms with Crippen molar-refractivity contribution in [1.29, 1.82) is 0 Å². The highest BCUT2D eigenvalue weighted by Crippen LogP contribution is 2.23. The zero-order valence-corrected chi connectivity index (χ0v) is 12.2. The second kappa shape index (κ2) is 7.38. The van der Waals surface area contributed by atoms with Gasteiger partial charge in [-0.1, -0.05) is 11.6 Å². The fraction of sp³-hybridized carbons (Fsp3) is 0.500. The van der Waals surface area contributed by atoms with Crippen LogP contribution in [0.2, 0.25) is 5.02 Å². The summed E-state index contributed by atoms with van der Waals surface area (Å²) in [6.07, 6.45) is 2.78. The van der Waals surface area contributed by atoms with E-state index in [1.807, 2.05) is 0 Å². The molecule has 2 N–H and O–H groups in total. The van der Waals surface area contributed by atoms with Crippen molar-refractivity contribution in [1.82, 2.24) is 10.3 Å². The Morgan fingerprint density at radius 3 is 2.71 bits per heavy atom. The van der Waals surface area contributed by atoms with E-state index >= 15 is 0 Å². The van der Waals surface area contributed by atoms with E-state index in [-0.39, 0.29) is 18.2 Å². The van der Waals surface area contributed by atoms with Gasteiger partial charge in [-0.2, -0.15) is 0 Å². The number of hydrogen-bond donors (Lipinski definition) is 2. The summed E-state index contributed by atoms with van der Waals surface area (Å²) in [6.45, 7) is 1.23. The molecule has 0 aromatic carbocycles. The van der Waals surface area contributed by atoms with E-state index in [4.69, 9.17) is 16.3 Å². The molecular weight excluding hydrogens is 296 g/mol. The zero-order chi connectivity index (χ0) is 15.2. The van der Waals surface area contributed by atoms with Crippen molar-refractivity contribution in [3.63, 3.8) is 0 Å². The van der Waals surface area contributed by atoms with Crippen LogP contribution in [0.3, 0.4) is 0 Å². The van der Waals surface area contributed by atoms with E-state index < -0.39 is 17.8 Å². The van der Waals surface area contributed by atoms with Gasteiger partial charge < -0.3 is 15.2 Å². The molecule has 1 aliphatic rings. The van der Waals surface area contributed by atoms with Gasteiger partial charge in [0.15, 0.2) is 0 Å². The number of aromatic nitrogens is 1. The Morgan fingerprint density at radius 2 is 2.14 bits per heavy atom. The van der Waals surface area contributed by atoms with Gasteiger partial charge >= 0.3 is 5.97 Å². The van der Waals surface area contributed by atoms with E-state index in [0.717, 1.165) is 0 Å². The van der Waals surface area contributed by atoms with Crippen LogP contribution in [0.1, 0.15) is 23.3 Å². The van der Waals surface area contributed by atoms with Gasteiger partial charge in [-0.3, -0.25) is 9.59 Å². The predicted molar refractivity (Wildman–Crippen MR) is 76.2 cm³/mol. The van der Waals surface area contributed by atoms with Gasteiger partial charge in [0, 0.05) is 26.0 Å². The lowest BCUT2D eigenvalue weighted by Crippen LogP contribution is -2.39. The van der Waals surface area contributed by atoms with Gasteiger partial charge in [0.1, 0.15) is 5.69 Å². The van der Waals surface area contributed by atoms with E-state index in [0.29, 0.717) is 31.1 Å². The van der Waals surface area contributed by atoms with E-state index in [2.05, 4.69) is 10.3 Å². The summed E-state index contributed by atoms with van der Waals surface area (Å²) in [4.78, 5) is 27.2. The summed E-state index contributed by atoms with van der Waals surface area (Å²) in [5.41, 5.74) is 0.218. The molecule has 1 atom stereocenters. The lowest BCUT2D eigenvalue weighted by atomic mass is 9.86. The van der Waals surface area contributed by atoms with Crippen molar-refractivity contribution < 1.29 is 19.4 Å². The summed E-state index contributed by atoms with van der Waals surface area (Å²) in [5, 5.41) is 12.4. The Labute approximate surface area is 127 Å². The third kappa shape index (κ3) is 4.41.